The van der Waals surface area contributed by atoms with E-state index in [1.165, 1.54) is 0 Å². The first kappa shape index (κ1) is 13.5. The summed E-state index contributed by atoms with van der Waals surface area (Å²) in [5, 5.41) is 0.965. The van der Waals surface area contributed by atoms with E-state index < -0.39 is 0 Å². The monoisotopic (exact) mass is 389 g/mol. The fourth-order valence-electron chi connectivity index (χ4n) is 2.07. The first-order valence-corrected chi connectivity index (χ1v) is 7.58. The second-order valence-corrected chi connectivity index (χ2v) is 6.23. The highest BCUT2D eigenvalue weighted by Gasteiger charge is 2.11. The van der Waals surface area contributed by atoms with Crippen molar-refractivity contribution in [1.82, 2.24) is 4.98 Å². The molecule has 4 heteroatoms. The maximum atomic E-state index is 12.5. The van der Waals surface area contributed by atoms with Gasteiger partial charge in [0.1, 0.15) is 0 Å². The third kappa shape index (κ3) is 2.67. The number of hydrogen-bond acceptors (Lipinski definition) is 2. The van der Waals surface area contributed by atoms with Crippen molar-refractivity contribution in [3.63, 3.8) is 0 Å². The van der Waals surface area contributed by atoms with Gasteiger partial charge >= 0.3 is 0 Å². The molecule has 0 unspecified atom stereocenters. The number of aromatic nitrogens is 1. The largest absolute Gasteiger partial charge is 0.289 e. The van der Waals surface area contributed by atoms with E-state index in [9.17, 15) is 4.79 Å². The van der Waals surface area contributed by atoms with Crippen molar-refractivity contribution in [2.45, 2.75) is 0 Å². The van der Waals surface area contributed by atoms with Gasteiger partial charge in [0.05, 0.1) is 5.52 Å². The summed E-state index contributed by atoms with van der Waals surface area (Å²) in [5.74, 6) is -0.00208. The van der Waals surface area contributed by atoms with E-state index in [1.54, 1.807) is 6.20 Å². The van der Waals surface area contributed by atoms with Crippen LogP contribution in [0, 0.1) is 0 Å². The minimum absolute atomic E-state index is 0.00208. The quantitative estimate of drug-likeness (QED) is 0.577. The molecule has 2 nitrogen and oxygen atoms in total. The van der Waals surface area contributed by atoms with Crippen molar-refractivity contribution in [1.29, 1.82) is 0 Å². The van der Waals surface area contributed by atoms with E-state index in [0.29, 0.717) is 11.1 Å². The smallest absolute Gasteiger partial charge is 0.193 e. The number of benzene rings is 2. The van der Waals surface area contributed by atoms with Crippen LogP contribution in [0.25, 0.3) is 10.9 Å². The van der Waals surface area contributed by atoms with E-state index in [0.717, 1.165) is 19.8 Å². The Balaban J connectivity index is 2.07. The second kappa shape index (κ2) is 5.46. The van der Waals surface area contributed by atoms with E-state index in [2.05, 4.69) is 36.8 Å². The molecule has 0 saturated heterocycles. The Morgan fingerprint density at radius 2 is 1.65 bits per heavy atom. The standard InChI is InChI=1S/C16H9Br2NO/c17-13-7-12(8-14(18)9-13)16(20)11-3-4-15-10(6-11)2-1-5-19-15/h1-9H. The molecule has 0 spiro atoms. The highest BCUT2D eigenvalue weighted by Crippen LogP contribution is 2.23. The van der Waals surface area contributed by atoms with Crippen LogP contribution in [-0.4, -0.2) is 10.8 Å². The zero-order chi connectivity index (χ0) is 14.1. The van der Waals surface area contributed by atoms with Gasteiger partial charge in [0.2, 0.25) is 0 Å². The van der Waals surface area contributed by atoms with Crippen LogP contribution in [0.4, 0.5) is 0 Å². The second-order valence-electron chi connectivity index (χ2n) is 4.40. The summed E-state index contributed by atoms with van der Waals surface area (Å²) < 4.78 is 1.75. The van der Waals surface area contributed by atoms with Crippen molar-refractivity contribution < 1.29 is 4.79 Å². The number of carbonyl (C=O) groups is 1. The molecule has 1 heterocycles. The zero-order valence-electron chi connectivity index (χ0n) is 10.3. The van der Waals surface area contributed by atoms with Gasteiger partial charge in [-0.15, -0.1) is 0 Å². The molecule has 0 aliphatic heterocycles. The van der Waals surface area contributed by atoms with Crippen molar-refractivity contribution in [3.05, 3.63) is 74.8 Å². The minimum Gasteiger partial charge on any atom is -0.289 e. The van der Waals surface area contributed by atoms with Crippen LogP contribution < -0.4 is 0 Å². The molecule has 20 heavy (non-hydrogen) atoms. The number of carbonyl (C=O) groups excluding carboxylic acids is 1. The Labute approximate surface area is 133 Å². The Morgan fingerprint density at radius 3 is 2.40 bits per heavy atom. The molecular formula is C16H9Br2NO. The summed E-state index contributed by atoms with van der Waals surface area (Å²) >= 11 is 6.80. The lowest BCUT2D eigenvalue weighted by Crippen LogP contribution is -2.01. The Bertz CT molecular complexity index is 794. The molecule has 0 bridgehead atoms. The summed E-state index contributed by atoms with van der Waals surface area (Å²) in [5.41, 5.74) is 2.20. The van der Waals surface area contributed by atoms with Crippen LogP contribution in [-0.2, 0) is 0 Å². The number of halogens is 2. The molecule has 3 aromatic rings. The summed E-state index contributed by atoms with van der Waals surface area (Å²) in [6.07, 6.45) is 1.75. The maximum absolute atomic E-state index is 12.5. The van der Waals surface area contributed by atoms with Crippen LogP contribution in [0.15, 0.2) is 63.7 Å². The summed E-state index contributed by atoms with van der Waals surface area (Å²) in [7, 11) is 0. The Hall–Kier alpha value is -1.52. The maximum Gasteiger partial charge on any atom is 0.193 e. The molecule has 0 N–H and O–H groups in total. The average Bonchev–Trinajstić information content (AvgIpc) is 2.45. The molecule has 0 radical (unpaired) electrons. The highest BCUT2D eigenvalue weighted by molar-refractivity contribution is 9.11. The number of nitrogens with zero attached hydrogens (tertiary/aromatic N) is 1. The third-order valence-electron chi connectivity index (χ3n) is 2.99. The fraction of sp³-hybridized carbons (Fsp3) is 0. The lowest BCUT2D eigenvalue weighted by molar-refractivity contribution is 0.103. The first-order chi connectivity index (χ1) is 9.63. The van der Waals surface area contributed by atoms with Gasteiger partial charge in [-0.1, -0.05) is 37.9 Å². The fourth-order valence-corrected chi connectivity index (χ4v) is 3.36. The number of ketones is 1. The van der Waals surface area contributed by atoms with Gasteiger partial charge in [0, 0.05) is 31.7 Å². The van der Waals surface area contributed by atoms with Gasteiger partial charge in [-0.3, -0.25) is 9.78 Å². The van der Waals surface area contributed by atoms with Crippen LogP contribution in [0.1, 0.15) is 15.9 Å². The molecule has 0 saturated carbocycles. The van der Waals surface area contributed by atoms with Gasteiger partial charge < -0.3 is 0 Å². The molecule has 98 valence electrons. The van der Waals surface area contributed by atoms with Gasteiger partial charge in [0.15, 0.2) is 5.78 Å². The molecule has 0 atom stereocenters. The summed E-state index contributed by atoms with van der Waals surface area (Å²) in [4.78, 5) is 16.8. The summed E-state index contributed by atoms with van der Waals surface area (Å²) in [6, 6.07) is 14.9. The molecule has 3 rings (SSSR count). The molecule has 0 amide bonds. The molecular weight excluding hydrogens is 382 g/mol. The normalized spacial score (nSPS) is 10.7. The van der Waals surface area contributed by atoms with E-state index in [4.69, 9.17) is 0 Å². The number of hydrogen-bond donors (Lipinski definition) is 0. The number of rotatable bonds is 2. The number of fused-ring (bicyclic) bond motifs is 1. The van der Waals surface area contributed by atoms with Crippen molar-refractivity contribution in [3.8, 4) is 0 Å². The molecule has 1 aromatic heterocycles. The summed E-state index contributed by atoms with van der Waals surface area (Å²) in [6.45, 7) is 0. The van der Waals surface area contributed by atoms with Crippen molar-refractivity contribution in [2.75, 3.05) is 0 Å². The molecule has 0 fully saturated rings. The van der Waals surface area contributed by atoms with E-state index in [1.807, 2.05) is 48.5 Å². The van der Waals surface area contributed by atoms with Gasteiger partial charge in [-0.25, -0.2) is 0 Å². The Morgan fingerprint density at radius 1 is 0.900 bits per heavy atom. The van der Waals surface area contributed by atoms with Crippen LogP contribution in [0.3, 0.4) is 0 Å². The van der Waals surface area contributed by atoms with Crippen LogP contribution >= 0.6 is 31.9 Å². The lowest BCUT2D eigenvalue weighted by atomic mass is 10.0. The first-order valence-electron chi connectivity index (χ1n) is 5.99. The molecule has 2 aromatic carbocycles. The van der Waals surface area contributed by atoms with E-state index >= 15 is 0 Å². The minimum atomic E-state index is -0.00208. The van der Waals surface area contributed by atoms with Gasteiger partial charge in [-0.05, 0) is 42.5 Å². The van der Waals surface area contributed by atoms with Crippen LogP contribution in [0.2, 0.25) is 0 Å². The predicted octanol–water partition coefficient (Wildman–Crippen LogP) is 4.99. The molecule has 0 aliphatic rings. The van der Waals surface area contributed by atoms with Gasteiger partial charge in [0.25, 0.3) is 0 Å². The van der Waals surface area contributed by atoms with Crippen molar-refractivity contribution in [2.24, 2.45) is 0 Å². The molecule has 0 aliphatic carbocycles. The highest BCUT2D eigenvalue weighted by atomic mass is 79.9. The van der Waals surface area contributed by atoms with Crippen LogP contribution in [0.5, 0.6) is 0 Å². The SMILES string of the molecule is O=C(c1cc(Br)cc(Br)c1)c1ccc2ncccc2c1. The van der Waals surface area contributed by atoms with Gasteiger partial charge in [-0.2, -0.15) is 0 Å². The lowest BCUT2D eigenvalue weighted by Gasteiger charge is -2.04. The predicted molar refractivity (Wildman–Crippen MR) is 87.0 cm³/mol. The third-order valence-corrected chi connectivity index (χ3v) is 3.91. The number of pyridine rings is 1. The van der Waals surface area contributed by atoms with E-state index in [-0.39, 0.29) is 5.78 Å². The zero-order valence-corrected chi connectivity index (χ0v) is 13.5. The topological polar surface area (TPSA) is 30.0 Å². The average molecular weight is 391 g/mol. The van der Waals surface area contributed by atoms with Crippen molar-refractivity contribution >= 4 is 48.5 Å². The Kier molecular flexibility index (Phi) is 3.68.